The molecule has 5 aliphatic rings. The van der Waals surface area contributed by atoms with E-state index in [1.54, 1.807) is 17.7 Å². The third-order valence-electron chi connectivity index (χ3n) is 9.95. The number of rotatable bonds is 4. The molecule has 3 saturated carbocycles. The Bertz CT molecular complexity index is 1320. The van der Waals surface area contributed by atoms with Crippen molar-refractivity contribution in [3.05, 3.63) is 65.0 Å². The van der Waals surface area contributed by atoms with Crippen LogP contribution in [0.3, 0.4) is 0 Å². The average molecular weight is 568 g/mol. The van der Waals surface area contributed by atoms with Crippen molar-refractivity contribution in [3.8, 4) is 0 Å². The van der Waals surface area contributed by atoms with Gasteiger partial charge in [0, 0.05) is 12.8 Å². The first-order valence-corrected chi connectivity index (χ1v) is 14.6. The summed E-state index contributed by atoms with van der Waals surface area (Å²) in [5, 5.41) is 0. The van der Waals surface area contributed by atoms with E-state index < -0.39 is 18.7 Å². The third kappa shape index (κ3) is 5.57. The summed E-state index contributed by atoms with van der Waals surface area (Å²) in [6.07, 6.45) is 11.8. The number of hydrogen-bond acceptors (Lipinski definition) is 6. The number of carbonyl (C=O) groups excluding carboxylic acids is 3. The number of hydrogen-bond donors (Lipinski definition) is 1. The smallest absolute Gasteiger partial charge is 0.405 e. The fourth-order valence-corrected chi connectivity index (χ4v) is 8.15. The van der Waals surface area contributed by atoms with E-state index in [-0.39, 0.29) is 25.2 Å². The van der Waals surface area contributed by atoms with Crippen LogP contribution in [0.5, 0.6) is 0 Å². The minimum atomic E-state index is -0.986. The number of nitrogens with two attached hydrogens (primary N) is 1. The van der Waals surface area contributed by atoms with E-state index in [9.17, 15) is 18.8 Å². The number of allylic oxidation sites excluding steroid dienone is 6. The molecule has 1 aromatic carbocycles. The highest BCUT2D eigenvalue weighted by molar-refractivity contribution is 5.77. The summed E-state index contributed by atoms with van der Waals surface area (Å²) in [5.74, 6) is 1.96. The molecule has 1 aliphatic heterocycles. The molecule has 41 heavy (non-hydrogen) atoms. The highest BCUT2D eigenvalue weighted by atomic mass is 19.1. The maximum Gasteiger partial charge on any atom is 0.405 e. The van der Waals surface area contributed by atoms with Crippen LogP contribution in [0.2, 0.25) is 0 Å². The lowest BCUT2D eigenvalue weighted by Gasteiger charge is -2.42. The average Bonchev–Trinajstić information content (AvgIpc) is 3.46. The van der Waals surface area contributed by atoms with Crippen LogP contribution in [0.15, 0.2) is 53.6 Å². The Morgan fingerprint density at radius 1 is 1.22 bits per heavy atom. The largest absolute Gasteiger partial charge is 0.466 e. The molecule has 8 atom stereocenters. The molecule has 1 saturated heterocycles. The van der Waals surface area contributed by atoms with Gasteiger partial charge in [-0.1, -0.05) is 49.8 Å². The Kier molecular flexibility index (Phi) is 8.13. The minimum absolute atomic E-state index is 0. The van der Waals surface area contributed by atoms with Crippen molar-refractivity contribution in [1.29, 1.82) is 0 Å². The van der Waals surface area contributed by atoms with Gasteiger partial charge in [-0.15, -0.1) is 0 Å². The van der Waals surface area contributed by atoms with Crippen molar-refractivity contribution < 1.29 is 34.4 Å². The number of benzene rings is 1. The van der Waals surface area contributed by atoms with Crippen molar-refractivity contribution >= 4 is 23.6 Å². The first kappa shape index (κ1) is 29.1. The summed E-state index contributed by atoms with van der Waals surface area (Å²) in [6.45, 7) is 6.30. The Balaban J connectivity index is 0.000000355. The third-order valence-corrected chi connectivity index (χ3v) is 9.95. The van der Waals surface area contributed by atoms with E-state index in [0.29, 0.717) is 29.1 Å². The Labute approximate surface area is 242 Å². The quantitative estimate of drug-likeness (QED) is 0.341. The zero-order valence-electron chi connectivity index (χ0n) is 24.2. The van der Waals surface area contributed by atoms with Gasteiger partial charge in [0.15, 0.2) is 6.61 Å². The lowest BCUT2D eigenvalue weighted by Crippen LogP contribution is -2.38. The minimum Gasteiger partial charge on any atom is -0.466 e. The van der Waals surface area contributed by atoms with Crippen LogP contribution in [-0.4, -0.2) is 37.9 Å². The van der Waals surface area contributed by atoms with Gasteiger partial charge in [-0.2, -0.15) is 0 Å². The zero-order valence-corrected chi connectivity index (χ0v) is 24.2. The molecule has 0 aromatic heterocycles. The number of halogens is 1. The second kappa shape index (κ2) is 11.5. The van der Waals surface area contributed by atoms with E-state index in [1.165, 1.54) is 43.6 Å². The fraction of sp³-hybridized carbons (Fsp3) is 0.545. The molecule has 1 aromatic rings. The number of ether oxygens (including phenoxy) is 3. The van der Waals surface area contributed by atoms with Crippen molar-refractivity contribution in [2.75, 3.05) is 13.7 Å². The second-order valence-corrected chi connectivity index (χ2v) is 12.4. The molecule has 222 valence electrons. The van der Waals surface area contributed by atoms with Gasteiger partial charge >= 0.3 is 18.0 Å². The molecule has 1 amide bonds. The lowest BCUT2D eigenvalue weighted by atomic mass is 9.61. The molecular weight excluding hydrogens is 525 g/mol. The first-order chi connectivity index (χ1) is 19.5. The summed E-state index contributed by atoms with van der Waals surface area (Å²) in [5.41, 5.74) is 10.0. The van der Waals surface area contributed by atoms with Crippen molar-refractivity contribution in [3.63, 3.8) is 0 Å². The van der Waals surface area contributed by atoms with Gasteiger partial charge in [-0.3, -0.25) is 4.79 Å². The monoisotopic (exact) mass is 567 g/mol. The van der Waals surface area contributed by atoms with Gasteiger partial charge in [0.2, 0.25) is 0 Å². The number of cyclic esters (lactones) is 1. The molecule has 7 nitrogen and oxygen atoms in total. The van der Waals surface area contributed by atoms with Gasteiger partial charge in [0.05, 0.1) is 13.0 Å². The predicted octanol–water partition coefficient (Wildman–Crippen LogP) is 6.24. The van der Waals surface area contributed by atoms with E-state index >= 15 is 0 Å². The standard InChI is InChI=1S/C29H33FO2.C4H7NO4.H2/c1-16-9-10-29-21(11-16)15-24-26(18(3)32-28(24)31)27(29)25(29)13-19-7-8-23(17(2)12-19)20-5-4-6-22(30)14-20;1-8-3(6)2-9-4(5)7;/h4-8,13-14,16-18,21,24,26-27H,9-12,15H2,1-3H3;2H2,1H3,(H2,5,7);1H/b25-13+;;/t16-,17?,18+,21-,24+,26+,27+,29+;;/m0../s1. The molecule has 1 heterocycles. The summed E-state index contributed by atoms with van der Waals surface area (Å²) in [6, 6.07) is 6.94. The zero-order chi connectivity index (χ0) is 29.5. The van der Waals surface area contributed by atoms with Gasteiger partial charge in [-0.25, -0.2) is 14.0 Å². The van der Waals surface area contributed by atoms with E-state index in [1.807, 2.05) is 6.07 Å². The van der Waals surface area contributed by atoms with Gasteiger partial charge in [-0.05, 0) is 91.5 Å². The number of methoxy groups -OCH3 is 1. The summed E-state index contributed by atoms with van der Waals surface area (Å²) >= 11 is 0. The predicted molar refractivity (Wildman–Crippen MR) is 154 cm³/mol. The molecule has 8 heteroatoms. The molecule has 0 radical (unpaired) electrons. The van der Waals surface area contributed by atoms with E-state index in [0.717, 1.165) is 24.3 Å². The fourth-order valence-electron chi connectivity index (χ4n) is 8.15. The van der Waals surface area contributed by atoms with Crippen LogP contribution in [0.25, 0.3) is 5.57 Å². The Morgan fingerprint density at radius 3 is 2.68 bits per heavy atom. The van der Waals surface area contributed by atoms with Gasteiger partial charge in [0.25, 0.3) is 0 Å². The Hall–Kier alpha value is -3.42. The molecule has 0 bridgehead atoms. The topological polar surface area (TPSA) is 105 Å². The SMILES string of the molecule is CC1CC(/C=C2\[C@@H]3[C@@H]4[C@@H](C)OC(=O)[C@@H]4C[C@@H]4C[C@@H](C)CC[C@]243)=CC=C1c1cccc(F)c1.COC(=O)COC(N)=O.[HH]. The lowest BCUT2D eigenvalue weighted by molar-refractivity contribution is -0.145. The maximum absolute atomic E-state index is 13.7. The van der Waals surface area contributed by atoms with Crippen molar-refractivity contribution in [2.45, 2.75) is 59.0 Å². The van der Waals surface area contributed by atoms with Gasteiger partial charge in [0.1, 0.15) is 11.9 Å². The summed E-state index contributed by atoms with van der Waals surface area (Å²) in [7, 11) is 1.19. The van der Waals surface area contributed by atoms with Crippen LogP contribution in [-0.2, 0) is 23.8 Å². The molecular formula is C33H42FNO6. The number of esters is 2. The van der Waals surface area contributed by atoms with Crippen LogP contribution >= 0.6 is 0 Å². The van der Waals surface area contributed by atoms with Gasteiger partial charge < -0.3 is 19.9 Å². The van der Waals surface area contributed by atoms with Crippen LogP contribution in [0, 0.1) is 46.7 Å². The highest BCUT2D eigenvalue weighted by Gasteiger charge is 2.73. The second-order valence-electron chi connectivity index (χ2n) is 12.4. The van der Waals surface area contributed by atoms with E-state index in [2.05, 4.69) is 54.2 Å². The number of carbonyl (C=O) groups is 3. The highest BCUT2D eigenvalue weighted by Crippen LogP contribution is 2.77. The molecule has 1 unspecified atom stereocenters. The van der Waals surface area contributed by atoms with Crippen molar-refractivity contribution in [2.24, 2.45) is 46.7 Å². The number of amides is 1. The molecule has 4 aliphatic carbocycles. The molecule has 4 fully saturated rings. The summed E-state index contributed by atoms with van der Waals surface area (Å²) < 4.78 is 27.7. The normalized spacial score (nSPS) is 35.8. The van der Waals surface area contributed by atoms with Crippen LogP contribution in [0.1, 0.15) is 59.9 Å². The van der Waals surface area contributed by atoms with Crippen molar-refractivity contribution in [1.82, 2.24) is 0 Å². The first-order valence-electron chi connectivity index (χ1n) is 14.6. The number of fused-ring (bicyclic) bond motifs is 2. The number of primary amides is 1. The molecule has 2 N–H and O–H groups in total. The Morgan fingerprint density at radius 2 is 2.00 bits per heavy atom. The van der Waals surface area contributed by atoms with Crippen LogP contribution < -0.4 is 5.73 Å². The maximum atomic E-state index is 13.7. The summed E-state index contributed by atoms with van der Waals surface area (Å²) in [4.78, 5) is 32.6. The van der Waals surface area contributed by atoms with E-state index in [4.69, 9.17) is 4.74 Å². The molecule has 1 spiro atoms. The van der Waals surface area contributed by atoms with Crippen LogP contribution in [0.4, 0.5) is 9.18 Å². The molecule has 6 rings (SSSR count).